The van der Waals surface area contributed by atoms with Crippen molar-refractivity contribution in [2.75, 3.05) is 25.0 Å². The van der Waals surface area contributed by atoms with Gasteiger partial charge in [-0.1, -0.05) is 60.1 Å². The Labute approximate surface area is 207 Å². The molecule has 35 heavy (non-hydrogen) atoms. The van der Waals surface area contributed by atoms with Crippen LogP contribution in [-0.2, 0) is 9.53 Å². The Hall–Kier alpha value is -3.84. The largest absolute Gasteiger partial charge is 0.481 e. The fraction of sp³-hybridized carbons (Fsp3) is 0.222. The van der Waals surface area contributed by atoms with Gasteiger partial charge < -0.3 is 14.7 Å². The fourth-order valence-corrected chi connectivity index (χ4v) is 5.07. The minimum atomic E-state index is -0.876. The molecule has 1 aliphatic heterocycles. The summed E-state index contributed by atoms with van der Waals surface area (Å²) in [6.45, 7) is 0.935. The lowest BCUT2D eigenvalue weighted by atomic mass is 9.95. The first-order chi connectivity index (χ1) is 16.9. The summed E-state index contributed by atoms with van der Waals surface area (Å²) in [6.07, 6.45) is -0.605. The zero-order chi connectivity index (χ0) is 24.5. The lowest BCUT2D eigenvalue weighted by Gasteiger charge is -2.38. The van der Waals surface area contributed by atoms with Crippen LogP contribution in [0.2, 0.25) is 5.02 Å². The molecule has 0 aromatic heterocycles. The van der Waals surface area contributed by atoms with Crippen LogP contribution in [-0.4, -0.2) is 47.7 Å². The number of hydrogen-bond donors (Lipinski definition) is 2. The van der Waals surface area contributed by atoms with Gasteiger partial charge in [0.1, 0.15) is 6.61 Å². The highest BCUT2D eigenvalue weighted by atomic mass is 35.5. The van der Waals surface area contributed by atoms with Crippen LogP contribution in [0.4, 0.5) is 10.5 Å². The quantitative estimate of drug-likeness (QED) is 0.492. The first-order valence-electron chi connectivity index (χ1n) is 11.3. The number of carboxylic acids is 1. The Morgan fingerprint density at radius 2 is 1.60 bits per heavy atom. The SMILES string of the molecule is O=C(O)CC1CN(C(=O)c2cc(Cl)cc(NC(=O)OCC3c4ccccc4-c4ccccc43)c2)C1. The third-order valence-corrected chi connectivity index (χ3v) is 6.66. The van der Waals surface area contributed by atoms with E-state index in [0.717, 1.165) is 22.3 Å². The van der Waals surface area contributed by atoms with Crippen molar-refractivity contribution in [3.05, 3.63) is 88.4 Å². The van der Waals surface area contributed by atoms with Gasteiger partial charge >= 0.3 is 12.1 Å². The van der Waals surface area contributed by atoms with Gasteiger partial charge in [-0.2, -0.15) is 0 Å². The van der Waals surface area contributed by atoms with E-state index < -0.39 is 12.1 Å². The normalized spacial score (nSPS) is 14.6. The van der Waals surface area contributed by atoms with E-state index >= 15 is 0 Å². The summed E-state index contributed by atoms with van der Waals surface area (Å²) in [5, 5.41) is 11.8. The van der Waals surface area contributed by atoms with Gasteiger partial charge in [0.15, 0.2) is 0 Å². The van der Waals surface area contributed by atoms with E-state index in [4.69, 9.17) is 21.4 Å². The summed E-state index contributed by atoms with van der Waals surface area (Å²) < 4.78 is 5.57. The zero-order valence-electron chi connectivity index (χ0n) is 18.7. The number of carbonyl (C=O) groups is 3. The number of fused-ring (bicyclic) bond motifs is 3. The van der Waals surface area contributed by atoms with Crippen LogP contribution in [0.15, 0.2) is 66.7 Å². The molecule has 0 saturated carbocycles. The molecular formula is C27H23ClN2O5. The average molecular weight is 491 g/mol. The number of nitrogens with one attached hydrogen (secondary N) is 1. The summed E-state index contributed by atoms with van der Waals surface area (Å²) in [5.74, 6) is -1.24. The Balaban J connectivity index is 1.23. The number of halogens is 1. The summed E-state index contributed by atoms with van der Waals surface area (Å²) in [5.41, 5.74) is 5.19. The monoisotopic (exact) mass is 490 g/mol. The lowest BCUT2D eigenvalue weighted by molar-refractivity contribution is -0.139. The summed E-state index contributed by atoms with van der Waals surface area (Å²) >= 11 is 6.19. The highest BCUT2D eigenvalue weighted by molar-refractivity contribution is 6.31. The number of benzene rings is 3. The number of aliphatic carboxylic acids is 1. The average Bonchev–Trinajstić information content (AvgIpc) is 3.12. The second-order valence-electron chi connectivity index (χ2n) is 8.85. The van der Waals surface area contributed by atoms with Crippen LogP contribution in [0.1, 0.15) is 33.8 Å². The van der Waals surface area contributed by atoms with Crippen molar-refractivity contribution in [2.24, 2.45) is 5.92 Å². The van der Waals surface area contributed by atoms with Crippen molar-refractivity contribution < 1.29 is 24.2 Å². The first-order valence-corrected chi connectivity index (χ1v) is 11.7. The van der Waals surface area contributed by atoms with Crippen LogP contribution in [0, 0.1) is 5.92 Å². The maximum absolute atomic E-state index is 12.8. The standard InChI is InChI=1S/C27H23ClN2O5/c28-18-10-17(26(33)30-13-16(14-30)9-25(31)32)11-19(12-18)29-27(34)35-15-24-22-7-3-1-5-20(22)21-6-2-4-8-23(21)24/h1-8,10-12,16,24H,9,13-15H2,(H,29,34)(H,31,32). The third kappa shape index (κ3) is 4.72. The van der Waals surface area contributed by atoms with E-state index in [0.29, 0.717) is 29.4 Å². The molecule has 1 aliphatic carbocycles. The number of anilines is 1. The summed E-state index contributed by atoms with van der Waals surface area (Å²) in [7, 11) is 0. The molecule has 1 heterocycles. The van der Waals surface area contributed by atoms with Gasteiger partial charge in [-0.15, -0.1) is 0 Å². The van der Waals surface area contributed by atoms with Crippen molar-refractivity contribution in [3.8, 4) is 11.1 Å². The molecule has 2 amide bonds. The van der Waals surface area contributed by atoms with Crippen molar-refractivity contribution in [3.63, 3.8) is 0 Å². The van der Waals surface area contributed by atoms with Gasteiger partial charge in [-0.05, 0) is 40.5 Å². The van der Waals surface area contributed by atoms with Crippen molar-refractivity contribution >= 4 is 35.3 Å². The summed E-state index contributed by atoms with van der Waals surface area (Å²) in [4.78, 5) is 37.8. The number of rotatable bonds is 6. The molecule has 1 fully saturated rings. The minimum Gasteiger partial charge on any atom is -0.481 e. The predicted octanol–water partition coefficient (Wildman–Crippen LogP) is 5.25. The molecule has 178 valence electrons. The van der Waals surface area contributed by atoms with Crippen LogP contribution in [0.5, 0.6) is 0 Å². The van der Waals surface area contributed by atoms with Crippen LogP contribution >= 0.6 is 11.6 Å². The number of carboxylic acid groups (broad SMARTS) is 1. The number of likely N-dealkylation sites (tertiary alicyclic amines) is 1. The molecule has 0 atom stereocenters. The molecular weight excluding hydrogens is 468 g/mol. The highest BCUT2D eigenvalue weighted by Crippen LogP contribution is 2.44. The van der Waals surface area contributed by atoms with Crippen molar-refractivity contribution in [2.45, 2.75) is 12.3 Å². The first kappa shape index (κ1) is 22.9. The minimum absolute atomic E-state index is 0.0356. The second kappa shape index (κ2) is 9.43. The van der Waals surface area contributed by atoms with Crippen LogP contribution in [0.25, 0.3) is 11.1 Å². The van der Waals surface area contributed by atoms with E-state index in [1.807, 2.05) is 36.4 Å². The zero-order valence-corrected chi connectivity index (χ0v) is 19.5. The fourth-order valence-electron chi connectivity index (χ4n) is 4.83. The molecule has 3 aromatic carbocycles. The van der Waals surface area contributed by atoms with E-state index in [9.17, 15) is 14.4 Å². The van der Waals surface area contributed by atoms with Gasteiger partial charge in [0.2, 0.25) is 0 Å². The molecule has 0 unspecified atom stereocenters. The predicted molar refractivity (Wildman–Crippen MR) is 132 cm³/mol. The topological polar surface area (TPSA) is 95.9 Å². The highest BCUT2D eigenvalue weighted by Gasteiger charge is 2.33. The number of carbonyl (C=O) groups excluding carboxylic acids is 2. The smallest absolute Gasteiger partial charge is 0.411 e. The molecule has 2 aliphatic rings. The van der Waals surface area contributed by atoms with Gasteiger partial charge in [0.05, 0.1) is 6.42 Å². The van der Waals surface area contributed by atoms with E-state index in [1.165, 1.54) is 6.07 Å². The van der Waals surface area contributed by atoms with Gasteiger partial charge in [0.25, 0.3) is 5.91 Å². The number of nitrogens with zero attached hydrogens (tertiary/aromatic N) is 1. The van der Waals surface area contributed by atoms with Gasteiger partial charge in [-0.25, -0.2) is 4.79 Å². The van der Waals surface area contributed by atoms with Crippen molar-refractivity contribution in [1.82, 2.24) is 4.90 Å². The second-order valence-corrected chi connectivity index (χ2v) is 9.29. The molecule has 0 bridgehead atoms. The Kier molecular flexibility index (Phi) is 6.17. The van der Waals surface area contributed by atoms with Gasteiger partial charge in [-0.3, -0.25) is 14.9 Å². The Morgan fingerprint density at radius 3 is 2.23 bits per heavy atom. The van der Waals surface area contributed by atoms with E-state index in [-0.39, 0.29) is 30.8 Å². The van der Waals surface area contributed by atoms with Gasteiger partial charge in [0, 0.05) is 41.2 Å². The maximum Gasteiger partial charge on any atom is 0.411 e. The number of hydrogen-bond acceptors (Lipinski definition) is 4. The molecule has 3 aromatic rings. The Bertz CT molecular complexity index is 1270. The molecule has 0 radical (unpaired) electrons. The maximum atomic E-state index is 12.8. The summed E-state index contributed by atoms with van der Waals surface area (Å²) in [6, 6.07) is 20.8. The van der Waals surface area contributed by atoms with E-state index in [1.54, 1.807) is 17.0 Å². The molecule has 5 rings (SSSR count). The van der Waals surface area contributed by atoms with E-state index in [2.05, 4.69) is 17.4 Å². The van der Waals surface area contributed by atoms with Crippen LogP contribution < -0.4 is 5.32 Å². The number of amides is 2. The van der Waals surface area contributed by atoms with Crippen molar-refractivity contribution in [1.29, 1.82) is 0 Å². The van der Waals surface area contributed by atoms with Crippen LogP contribution in [0.3, 0.4) is 0 Å². The molecule has 7 nitrogen and oxygen atoms in total. The molecule has 0 spiro atoms. The Morgan fingerprint density at radius 1 is 0.971 bits per heavy atom. The third-order valence-electron chi connectivity index (χ3n) is 6.44. The molecule has 8 heteroatoms. The lowest BCUT2D eigenvalue weighted by Crippen LogP contribution is -2.50. The molecule has 2 N–H and O–H groups in total. The molecule has 1 saturated heterocycles. The number of ether oxygens (including phenoxy) is 1.